The van der Waals surface area contributed by atoms with Gasteiger partial charge in [-0.15, -0.1) is 17.5 Å². The smallest absolute Gasteiger partial charge is 0.214 e. The first-order chi connectivity index (χ1) is 12.9. The Morgan fingerprint density at radius 2 is 1.89 bits per heavy atom. The monoisotopic (exact) mass is 403 g/mol. The first kappa shape index (κ1) is 21.0. The lowest BCUT2D eigenvalue weighted by Crippen LogP contribution is -2.16. The van der Waals surface area contributed by atoms with Gasteiger partial charge in [0.05, 0.1) is 5.69 Å². The van der Waals surface area contributed by atoms with Crippen molar-refractivity contribution in [3.8, 4) is 11.4 Å². The zero-order valence-corrected chi connectivity index (χ0v) is 16.5. The van der Waals surface area contributed by atoms with E-state index in [9.17, 15) is 0 Å². The summed E-state index contributed by atoms with van der Waals surface area (Å²) in [7, 11) is 0. The standard InChI is InChI=1S/C19H21N5OS.ClH/c1-2-13-25-18-10-8-16(9-11-18)15-20-12-14-26-19-21-22-23-24(19)17-6-4-3-5-7-17;/h2-11,20H,1,12-15H2;1H. The Hall–Kier alpha value is -2.35. The van der Waals surface area contributed by atoms with Crippen LogP contribution in [0.4, 0.5) is 0 Å². The van der Waals surface area contributed by atoms with Crippen molar-refractivity contribution >= 4 is 24.2 Å². The number of benzene rings is 2. The molecule has 6 nitrogen and oxygen atoms in total. The van der Waals surface area contributed by atoms with Crippen LogP contribution in [0, 0.1) is 0 Å². The molecular formula is C19H22ClN5OS. The van der Waals surface area contributed by atoms with Gasteiger partial charge in [-0.25, -0.2) is 0 Å². The van der Waals surface area contributed by atoms with E-state index in [1.165, 1.54) is 5.56 Å². The first-order valence-corrected chi connectivity index (χ1v) is 9.35. The number of para-hydroxylation sites is 1. The van der Waals surface area contributed by atoms with Crippen molar-refractivity contribution in [3.63, 3.8) is 0 Å². The molecule has 1 heterocycles. The molecule has 0 radical (unpaired) electrons. The van der Waals surface area contributed by atoms with Crippen molar-refractivity contribution in [2.24, 2.45) is 0 Å². The van der Waals surface area contributed by atoms with Gasteiger partial charge in [-0.3, -0.25) is 0 Å². The predicted molar refractivity (Wildman–Crippen MR) is 111 cm³/mol. The van der Waals surface area contributed by atoms with Crippen LogP contribution in [-0.4, -0.2) is 39.1 Å². The largest absolute Gasteiger partial charge is 0.490 e. The van der Waals surface area contributed by atoms with Gasteiger partial charge in [0.25, 0.3) is 0 Å². The molecule has 0 aliphatic heterocycles. The second-order valence-electron chi connectivity index (χ2n) is 5.48. The zero-order chi connectivity index (χ0) is 18.0. The van der Waals surface area contributed by atoms with Crippen molar-refractivity contribution in [1.82, 2.24) is 25.5 Å². The minimum absolute atomic E-state index is 0. The summed E-state index contributed by atoms with van der Waals surface area (Å²) in [6.07, 6.45) is 1.74. The third-order valence-corrected chi connectivity index (χ3v) is 4.49. The van der Waals surface area contributed by atoms with Crippen molar-refractivity contribution in [2.75, 3.05) is 18.9 Å². The Morgan fingerprint density at radius 3 is 2.63 bits per heavy atom. The minimum Gasteiger partial charge on any atom is -0.490 e. The van der Waals surface area contributed by atoms with E-state index in [1.807, 2.05) is 42.5 Å². The van der Waals surface area contributed by atoms with Crippen LogP contribution in [0.15, 0.2) is 72.4 Å². The van der Waals surface area contributed by atoms with Crippen LogP contribution in [0.25, 0.3) is 5.69 Å². The maximum absolute atomic E-state index is 5.48. The summed E-state index contributed by atoms with van der Waals surface area (Å²) in [5.74, 6) is 1.74. The molecule has 0 saturated heterocycles. The fourth-order valence-corrected chi connectivity index (χ4v) is 3.09. The van der Waals surface area contributed by atoms with E-state index in [1.54, 1.807) is 22.5 Å². The fraction of sp³-hybridized carbons (Fsp3) is 0.211. The van der Waals surface area contributed by atoms with Crippen LogP contribution < -0.4 is 10.1 Å². The van der Waals surface area contributed by atoms with Crippen molar-refractivity contribution in [2.45, 2.75) is 11.7 Å². The topological polar surface area (TPSA) is 64.9 Å². The molecule has 1 N–H and O–H groups in total. The van der Waals surface area contributed by atoms with Crippen molar-refractivity contribution < 1.29 is 4.74 Å². The van der Waals surface area contributed by atoms with Crippen LogP contribution in [0.2, 0.25) is 0 Å². The summed E-state index contributed by atoms with van der Waals surface area (Å²) in [6, 6.07) is 18.0. The Balaban J connectivity index is 0.00000261. The Bertz CT molecular complexity index is 810. The van der Waals surface area contributed by atoms with E-state index in [-0.39, 0.29) is 12.4 Å². The number of hydrogen-bond acceptors (Lipinski definition) is 6. The minimum atomic E-state index is 0. The van der Waals surface area contributed by atoms with Gasteiger partial charge in [-0.2, -0.15) is 4.68 Å². The lowest BCUT2D eigenvalue weighted by molar-refractivity contribution is 0.363. The maximum atomic E-state index is 5.48. The number of hydrogen-bond donors (Lipinski definition) is 1. The lowest BCUT2D eigenvalue weighted by atomic mass is 10.2. The quantitative estimate of drug-likeness (QED) is 0.317. The van der Waals surface area contributed by atoms with Crippen LogP contribution in [0.1, 0.15) is 5.56 Å². The molecule has 0 unspecified atom stereocenters. The van der Waals surface area contributed by atoms with E-state index in [4.69, 9.17) is 4.74 Å². The van der Waals surface area contributed by atoms with Crippen LogP contribution in [0.3, 0.4) is 0 Å². The Morgan fingerprint density at radius 1 is 1.11 bits per heavy atom. The second-order valence-corrected chi connectivity index (χ2v) is 6.54. The summed E-state index contributed by atoms with van der Waals surface area (Å²) in [5.41, 5.74) is 2.18. The number of nitrogens with one attached hydrogen (secondary N) is 1. The average Bonchev–Trinajstić information content (AvgIpc) is 3.16. The number of rotatable bonds is 10. The lowest BCUT2D eigenvalue weighted by Gasteiger charge is -2.07. The molecule has 27 heavy (non-hydrogen) atoms. The predicted octanol–water partition coefficient (Wildman–Crippen LogP) is 3.53. The van der Waals surface area contributed by atoms with Crippen LogP contribution in [-0.2, 0) is 6.54 Å². The summed E-state index contributed by atoms with van der Waals surface area (Å²) >= 11 is 1.63. The molecule has 0 spiro atoms. The number of nitrogens with zero attached hydrogens (tertiary/aromatic N) is 4. The molecule has 2 aromatic carbocycles. The molecular weight excluding hydrogens is 382 g/mol. The highest BCUT2D eigenvalue weighted by molar-refractivity contribution is 7.99. The highest BCUT2D eigenvalue weighted by Gasteiger charge is 2.07. The van der Waals surface area contributed by atoms with E-state index < -0.39 is 0 Å². The summed E-state index contributed by atoms with van der Waals surface area (Å²) in [4.78, 5) is 0. The molecule has 0 atom stereocenters. The fourth-order valence-electron chi connectivity index (χ4n) is 2.31. The van der Waals surface area contributed by atoms with Gasteiger partial charge >= 0.3 is 0 Å². The molecule has 0 bridgehead atoms. The van der Waals surface area contributed by atoms with Crippen molar-refractivity contribution in [3.05, 3.63) is 72.8 Å². The van der Waals surface area contributed by atoms with Gasteiger partial charge in [0.1, 0.15) is 12.4 Å². The highest BCUT2D eigenvalue weighted by atomic mass is 35.5. The average molecular weight is 404 g/mol. The van der Waals surface area contributed by atoms with Gasteiger partial charge in [0.15, 0.2) is 0 Å². The molecule has 0 aliphatic carbocycles. The summed E-state index contributed by atoms with van der Waals surface area (Å²) in [5, 5.41) is 16.2. The van der Waals surface area contributed by atoms with Gasteiger partial charge in [0, 0.05) is 18.8 Å². The van der Waals surface area contributed by atoms with E-state index >= 15 is 0 Å². The molecule has 3 rings (SSSR count). The highest BCUT2D eigenvalue weighted by Crippen LogP contribution is 2.17. The normalized spacial score (nSPS) is 10.2. The molecule has 8 heteroatoms. The summed E-state index contributed by atoms with van der Waals surface area (Å²) in [6.45, 7) is 5.84. The Labute approximate surface area is 169 Å². The molecule has 0 aliphatic rings. The van der Waals surface area contributed by atoms with Gasteiger partial charge < -0.3 is 10.1 Å². The first-order valence-electron chi connectivity index (χ1n) is 8.37. The molecule has 0 saturated carbocycles. The Kier molecular flexibility index (Phi) is 8.83. The SMILES string of the molecule is C=CCOc1ccc(CNCCSc2nnnn2-c2ccccc2)cc1.Cl. The number of thioether (sulfide) groups is 1. The number of tetrazole rings is 1. The van der Waals surface area contributed by atoms with E-state index in [0.717, 1.165) is 35.4 Å². The second kappa shape index (κ2) is 11.4. The van der Waals surface area contributed by atoms with Gasteiger partial charge in [-0.05, 0) is 40.3 Å². The summed E-state index contributed by atoms with van der Waals surface area (Å²) < 4.78 is 7.24. The van der Waals surface area contributed by atoms with Crippen molar-refractivity contribution in [1.29, 1.82) is 0 Å². The van der Waals surface area contributed by atoms with Gasteiger partial charge in [0.2, 0.25) is 5.16 Å². The van der Waals surface area contributed by atoms with Crippen LogP contribution >= 0.6 is 24.2 Å². The number of aromatic nitrogens is 4. The molecule has 1 aromatic heterocycles. The maximum Gasteiger partial charge on any atom is 0.214 e. The third-order valence-electron chi connectivity index (χ3n) is 3.57. The molecule has 0 fully saturated rings. The molecule has 0 amide bonds. The van der Waals surface area contributed by atoms with Gasteiger partial charge in [-0.1, -0.05) is 54.7 Å². The molecule has 3 aromatic rings. The van der Waals surface area contributed by atoms with E-state index in [0.29, 0.717) is 6.61 Å². The van der Waals surface area contributed by atoms with Crippen LogP contribution in [0.5, 0.6) is 5.75 Å². The number of halogens is 1. The van der Waals surface area contributed by atoms with E-state index in [2.05, 4.69) is 39.6 Å². The zero-order valence-electron chi connectivity index (χ0n) is 14.8. The third kappa shape index (κ3) is 6.39. The number of ether oxygens (including phenoxy) is 1. The molecule has 142 valence electrons.